The van der Waals surface area contributed by atoms with Crippen molar-refractivity contribution in [2.24, 2.45) is 23.2 Å². The summed E-state index contributed by atoms with van der Waals surface area (Å²) in [5, 5.41) is 4.24. The SMILES string of the molecule is C[C@@H](NC(=O)CSc1ccccn1)C12CC3CC(CC(C3)C1)C2. The first kappa shape index (κ1) is 15.5. The summed E-state index contributed by atoms with van der Waals surface area (Å²) >= 11 is 1.52. The largest absolute Gasteiger partial charge is 0.352 e. The van der Waals surface area contributed by atoms with Crippen LogP contribution in [0.4, 0.5) is 0 Å². The average molecular weight is 330 g/mol. The predicted octanol–water partition coefficient (Wildman–Crippen LogP) is 3.89. The molecule has 4 bridgehead atoms. The molecule has 1 atom stereocenters. The van der Waals surface area contributed by atoms with Gasteiger partial charge in [0, 0.05) is 12.2 Å². The van der Waals surface area contributed by atoms with Crippen LogP contribution >= 0.6 is 11.8 Å². The van der Waals surface area contributed by atoms with Crippen molar-refractivity contribution in [2.75, 3.05) is 5.75 Å². The number of aromatic nitrogens is 1. The van der Waals surface area contributed by atoms with Gasteiger partial charge in [0.05, 0.1) is 10.8 Å². The lowest BCUT2D eigenvalue weighted by Crippen LogP contribution is -2.56. The molecule has 1 aromatic rings. The van der Waals surface area contributed by atoms with Gasteiger partial charge < -0.3 is 5.32 Å². The zero-order valence-corrected chi connectivity index (χ0v) is 14.6. The molecular formula is C19H26N2OS. The summed E-state index contributed by atoms with van der Waals surface area (Å²) in [4.78, 5) is 16.6. The minimum Gasteiger partial charge on any atom is -0.352 e. The van der Waals surface area contributed by atoms with Gasteiger partial charge in [-0.1, -0.05) is 17.8 Å². The van der Waals surface area contributed by atoms with Crippen molar-refractivity contribution >= 4 is 17.7 Å². The maximum Gasteiger partial charge on any atom is 0.230 e. The number of nitrogens with zero attached hydrogens (tertiary/aromatic N) is 1. The molecule has 0 unspecified atom stereocenters. The number of hydrogen-bond donors (Lipinski definition) is 1. The van der Waals surface area contributed by atoms with Crippen LogP contribution in [0.2, 0.25) is 0 Å². The molecule has 4 heteroatoms. The quantitative estimate of drug-likeness (QED) is 0.833. The Hall–Kier alpha value is -1.03. The van der Waals surface area contributed by atoms with Gasteiger partial charge in [0.1, 0.15) is 0 Å². The lowest BCUT2D eigenvalue weighted by molar-refractivity contribution is -0.123. The summed E-state index contributed by atoms with van der Waals surface area (Å²) < 4.78 is 0. The van der Waals surface area contributed by atoms with Crippen LogP contribution in [-0.4, -0.2) is 22.7 Å². The molecule has 0 aliphatic heterocycles. The molecule has 4 fully saturated rings. The maximum absolute atomic E-state index is 12.4. The first-order valence-electron chi connectivity index (χ1n) is 8.96. The second-order valence-corrected chi connectivity index (χ2v) is 9.02. The Labute approximate surface area is 143 Å². The summed E-state index contributed by atoms with van der Waals surface area (Å²) in [6, 6.07) is 6.14. The molecule has 124 valence electrons. The minimum atomic E-state index is 0.156. The third-order valence-corrected chi connectivity index (χ3v) is 7.31. The van der Waals surface area contributed by atoms with Crippen molar-refractivity contribution in [3.05, 3.63) is 24.4 Å². The van der Waals surface area contributed by atoms with E-state index in [0.717, 1.165) is 22.8 Å². The fourth-order valence-electron chi connectivity index (χ4n) is 5.72. The third kappa shape index (κ3) is 3.15. The highest BCUT2D eigenvalue weighted by Crippen LogP contribution is 2.61. The smallest absolute Gasteiger partial charge is 0.230 e. The van der Waals surface area contributed by atoms with Gasteiger partial charge in [0.15, 0.2) is 0 Å². The number of hydrogen-bond acceptors (Lipinski definition) is 3. The number of nitrogens with one attached hydrogen (secondary N) is 1. The number of pyridine rings is 1. The monoisotopic (exact) mass is 330 g/mol. The van der Waals surface area contributed by atoms with Gasteiger partial charge >= 0.3 is 0 Å². The van der Waals surface area contributed by atoms with Gasteiger partial charge in [-0.05, 0) is 80.8 Å². The number of thioether (sulfide) groups is 1. The van der Waals surface area contributed by atoms with Crippen LogP contribution in [0, 0.1) is 23.2 Å². The zero-order chi connectivity index (χ0) is 15.9. The van der Waals surface area contributed by atoms with Crippen molar-refractivity contribution in [1.29, 1.82) is 0 Å². The van der Waals surface area contributed by atoms with Crippen LogP contribution in [0.1, 0.15) is 45.4 Å². The van der Waals surface area contributed by atoms with E-state index >= 15 is 0 Å². The number of carbonyl (C=O) groups is 1. The molecule has 3 nitrogen and oxygen atoms in total. The fourth-order valence-corrected chi connectivity index (χ4v) is 6.39. The predicted molar refractivity (Wildman–Crippen MR) is 93.2 cm³/mol. The van der Waals surface area contributed by atoms with Gasteiger partial charge in [-0.25, -0.2) is 4.98 Å². The molecule has 4 aliphatic rings. The Bertz CT molecular complexity index is 539. The number of amides is 1. The van der Waals surface area contributed by atoms with E-state index in [1.165, 1.54) is 50.3 Å². The van der Waals surface area contributed by atoms with Crippen molar-refractivity contribution in [3.8, 4) is 0 Å². The molecule has 23 heavy (non-hydrogen) atoms. The van der Waals surface area contributed by atoms with Gasteiger partial charge in [-0.3, -0.25) is 4.79 Å². The van der Waals surface area contributed by atoms with E-state index in [-0.39, 0.29) is 5.91 Å². The van der Waals surface area contributed by atoms with Crippen molar-refractivity contribution in [1.82, 2.24) is 10.3 Å². The first-order valence-corrected chi connectivity index (χ1v) is 9.95. The maximum atomic E-state index is 12.4. The van der Waals surface area contributed by atoms with Crippen molar-refractivity contribution < 1.29 is 4.79 Å². The molecule has 4 saturated carbocycles. The Balaban J connectivity index is 1.34. The van der Waals surface area contributed by atoms with E-state index in [9.17, 15) is 4.79 Å². The Morgan fingerprint density at radius 1 is 1.26 bits per heavy atom. The van der Waals surface area contributed by atoms with Crippen LogP contribution in [-0.2, 0) is 4.79 Å². The van der Waals surface area contributed by atoms with E-state index in [4.69, 9.17) is 0 Å². The van der Waals surface area contributed by atoms with E-state index in [1.54, 1.807) is 6.20 Å². The van der Waals surface area contributed by atoms with Crippen molar-refractivity contribution in [3.63, 3.8) is 0 Å². The highest BCUT2D eigenvalue weighted by molar-refractivity contribution is 7.99. The van der Waals surface area contributed by atoms with Gasteiger partial charge in [-0.15, -0.1) is 0 Å². The second-order valence-electron chi connectivity index (χ2n) is 8.03. The lowest BCUT2D eigenvalue weighted by atomic mass is 9.48. The molecule has 4 aliphatic carbocycles. The van der Waals surface area contributed by atoms with Crippen LogP contribution in [0.5, 0.6) is 0 Å². The normalized spacial score (nSPS) is 36.0. The Morgan fingerprint density at radius 2 is 1.91 bits per heavy atom. The average Bonchev–Trinajstić information content (AvgIpc) is 2.52. The fraction of sp³-hybridized carbons (Fsp3) is 0.684. The highest BCUT2D eigenvalue weighted by Gasteiger charge is 2.53. The summed E-state index contributed by atoms with van der Waals surface area (Å²) in [5.74, 6) is 3.42. The van der Waals surface area contributed by atoms with Crippen LogP contribution in [0.25, 0.3) is 0 Å². The van der Waals surface area contributed by atoms with E-state index in [1.807, 2.05) is 18.2 Å². The second kappa shape index (κ2) is 6.12. The summed E-state index contributed by atoms with van der Waals surface area (Å²) in [7, 11) is 0. The minimum absolute atomic E-state index is 0.156. The molecular weight excluding hydrogens is 304 g/mol. The van der Waals surface area contributed by atoms with E-state index in [2.05, 4.69) is 17.2 Å². The van der Waals surface area contributed by atoms with Crippen LogP contribution < -0.4 is 5.32 Å². The van der Waals surface area contributed by atoms with Gasteiger partial charge in [0.25, 0.3) is 0 Å². The lowest BCUT2D eigenvalue weighted by Gasteiger charge is -2.59. The number of carbonyl (C=O) groups excluding carboxylic acids is 1. The topological polar surface area (TPSA) is 42.0 Å². The standard InChI is InChI=1S/C19H26N2OS/c1-13(21-17(22)12-23-18-4-2-3-5-20-18)19-9-14-6-15(10-19)8-16(7-14)11-19/h2-5,13-16H,6-12H2,1H3,(H,21,22)/t13-,14?,15?,16?,19?/m1/s1. The summed E-state index contributed by atoms with van der Waals surface area (Å²) in [6.45, 7) is 2.25. The molecule has 1 amide bonds. The molecule has 1 aromatic heterocycles. The van der Waals surface area contributed by atoms with E-state index < -0.39 is 0 Å². The molecule has 0 spiro atoms. The van der Waals surface area contributed by atoms with Gasteiger partial charge in [0.2, 0.25) is 5.91 Å². The van der Waals surface area contributed by atoms with Crippen LogP contribution in [0.15, 0.2) is 29.4 Å². The summed E-state index contributed by atoms with van der Waals surface area (Å²) in [6.07, 6.45) is 10.2. The highest BCUT2D eigenvalue weighted by atomic mass is 32.2. The molecule has 1 N–H and O–H groups in total. The molecule has 0 aromatic carbocycles. The molecule has 0 radical (unpaired) electrons. The third-order valence-electron chi connectivity index (χ3n) is 6.37. The van der Waals surface area contributed by atoms with Gasteiger partial charge in [-0.2, -0.15) is 0 Å². The molecule has 0 saturated heterocycles. The van der Waals surface area contributed by atoms with Crippen LogP contribution in [0.3, 0.4) is 0 Å². The van der Waals surface area contributed by atoms with E-state index in [0.29, 0.717) is 17.2 Å². The molecule has 1 heterocycles. The summed E-state index contributed by atoms with van der Waals surface area (Å²) in [5.41, 5.74) is 0.389. The first-order chi connectivity index (χ1) is 11.1. The number of rotatable bonds is 5. The zero-order valence-electron chi connectivity index (χ0n) is 13.8. The Kier molecular flexibility index (Phi) is 4.12. The molecule has 5 rings (SSSR count). The van der Waals surface area contributed by atoms with Crippen molar-refractivity contribution in [2.45, 2.75) is 56.5 Å². The Morgan fingerprint density at radius 3 is 2.48 bits per heavy atom.